The zero-order chi connectivity index (χ0) is 16.4. The van der Waals surface area contributed by atoms with Crippen LogP contribution >= 0.6 is 11.8 Å². The molecular weight excluding hydrogens is 318 g/mol. The third-order valence-corrected chi connectivity index (χ3v) is 4.23. The van der Waals surface area contributed by atoms with E-state index in [1.54, 1.807) is 22.9 Å². The molecule has 0 N–H and O–H groups in total. The first-order chi connectivity index (χ1) is 11.0. The van der Waals surface area contributed by atoms with Crippen molar-refractivity contribution < 1.29 is 8.78 Å². The zero-order valence-electron chi connectivity index (χ0n) is 12.6. The van der Waals surface area contributed by atoms with Gasteiger partial charge in [-0.05, 0) is 38.1 Å². The topological polar surface area (TPSA) is 43.6 Å². The van der Waals surface area contributed by atoms with E-state index in [2.05, 4.69) is 15.3 Å². The quantitative estimate of drug-likeness (QED) is 0.681. The first-order valence-electron chi connectivity index (χ1n) is 6.97. The number of rotatable bonds is 4. The minimum absolute atomic E-state index is 0.289. The van der Waals surface area contributed by atoms with Crippen LogP contribution in [0, 0.1) is 25.5 Å². The molecule has 0 atom stereocenters. The number of thioether (sulfide) groups is 1. The van der Waals surface area contributed by atoms with Crippen molar-refractivity contribution in [3.05, 3.63) is 65.0 Å². The third-order valence-electron chi connectivity index (χ3n) is 3.26. The van der Waals surface area contributed by atoms with Crippen LogP contribution in [0.5, 0.6) is 0 Å². The first kappa shape index (κ1) is 15.6. The maximum absolute atomic E-state index is 13.6. The largest absolute Gasteiger partial charge is 0.218 e. The van der Waals surface area contributed by atoms with Crippen molar-refractivity contribution in [3.8, 4) is 5.82 Å². The Morgan fingerprint density at radius 2 is 1.91 bits per heavy atom. The van der Waals surface area contributed by atoms with Gasteiger partial charge in [0.05, 0.1) is 5.69 Å². The predicted molar refractivity (Wildman–Crippen MR) is 84.5 cm³/mol. The minimum atomic E-state index is -0.839. The van der Waals surface area contributed by atoms with Crippen LogP contribution in [-0.2, 0) is 5.75 Å². The molecule has 0 saturated heterocycles. The van der Waals surface area contributed by atoms with Crippen LogP contribution in [0.2, 0.25) is 0 Å². The highest BCUT2D eigenvalue weighted by atomic mass is 32.2. The molecule has 4 nitrogen and oxygen atoms in total. The van der Waals surface area contributed by atoms with Crippen LogP contribution in [0.25, 0.3) is 5.82 Å². The van der Waals surface area contributed by atoms with Gasteiger partial charge in [0, 0.05) is 17.0 Å². The second kappa shape index (κ2) is 6.45. The maximum atomic E-state index is 13.6. The first-order valence-corrected chi connectivity index (χ1v) is 7.96. The second-order valence-corrected chi connectivity index (χ2v) is 6.07. The molecule has 0 amide bonds. The predicted octanol–water partition coefficient (Wildman–Crippen LogP) is 3.85. The molecule has 1 aromatic carbocycles. The second-order valence-electron chi connectivity index (χ2n) is 5.07. The van der Waals surface area contributed by atoms with Crippen LogP contribution in [-0.4, -0.2) is 20.0 Å². The van der Waals surface area contributed by atoms with E-state index in [4.69, 9.17) is 0 Å². The smallest absolute Gasteiger partial charge is 0.175 e. The zero-order valence-corrected chi connectivity index (χ0v) is 13.4. The third kappa shape index (κ3) is 3.39. The summed E-state index contributed by atoms with van der Waals surface area (Å²) in [6.07, 6.45) is 0. The normalized spacial score (nSPS) is 11.0. The molecule has 0 aliphatic heterocycles. The Kier molecular flexibility index (Phi) is 4.38. The van der Waals surface area contributed by atoms with Crippen molar-refractivity contribution in [3.63, 3.8) is 0 Å². The SMILES string of the molecule is Cc1cc(C)n(-c2ccc(SCc3cccc(F)c3F)nn2)n1. The maximum Gasteiger partial charge on any atom is 0.175 e. The summed E-state index contributed by atoms with van der Waals surface area (Å²) in [5.41, 5.74) is 2.18. The summed E-state index contributed by atoms with van der Waals surface area (Å²) in [6, 6.07) is 9.70. The molecule has 0 bridgehead atoms. The average molecular weight is 332 g/mol. The molecule has 118 valence electrons. The molecule has 0 radical (unpaired) electrons. The molecule has 0 spiro atoms. The lowest BCUT2D eigenvalue weighted by Crippen LogP contribution is -2.03. The molecule has 0 aliphatic rings. The molecule has 3 rings (SSSR count). The van der Waals surface area contributed by atoms with E-state index in [1.807, 2.05) is 19.9 Å². The van der Waals surface area contributed by atoms with E-state index in [0.29, 0.717) is 16.4 Å². The van der Waals surface area contributed by atoms with Gasteiger partial charge in [0.15, 0.2) is 17.5 Å². The fourth-order valence-corrected chi connectivity index (χ4v) is 2.96. The van der Waals surface area contributed by atoms with Gasteiger partial charge in [-0.25, -0.2) is 13.5 Å². The summed E-state index contributed by atoms with van der Waals surface area (Å²) < 4.78 is 28.5. The van der Waals surface area contributed by atoms with Crippen molar-refractivity contribution in [2.45, 2.75) is 24.6 Å². The average Bonchev–Trinajstić information content (AvgIpc) is 2.88. The lowest BCUT2D eigenvalue weighted by Gasteiger charge is -2.05. The molecule has 2 aromatic heterocycles. The van der Waals surface area contributed by atoms with E-state index in [1.165, 1.54) is 17.8 Å². The van der Waals surface area contributed by atoms with Crippen molar-refractivity contribution in [2.24, 2.45) is 0 Å². The molecule has 0 saturated carbocycles. The van der Waals surface area contributed by atoms with Gasteiger partial charge < -0.3 is 0 Å². The van der Waals surface area contributed by atoms with E-state index >= 15 is 0 Å². The Bertz CT molecular complexity index is 831. The fourth-order valence-electron chi connectivity index (χ4n) is 2.18. The molecule has 7 heteroatoms. The number of aryl methyl sites for hydroxylation is 2. The lowest BCUT2D eigenvalue weighted by molar-refractivity contribution is 0.502. The van der Waals surface area contributed by atoms with Crippen LogP contribution < -0.4 is 0 Å². The number of aromatic nitrogens is 4. The van der Waals surface area contributed by atoms with E-state index in [0.717, 1.165) is 17.5 Å². The minimum Gasteiger partial charge on any atom is -0.218 e. The van der Waals surface area contributed by atoms with Gasteiger partial charge in [0.1, 0.15) is 5.03 Å². The lowest BCUT2D eigenvalue weighted by atomic mass is 10.2. The Morgan fingerprint density at radius 3 is 2.57 bits per heavy atom. The molecule has 0 aliphatic carbocycles. The van der Waals surface area contributed by atoms with Crippen molar-refractivity contribution in [2.75, 3.05) is 0 Å². The van der Waals surface area contributed by atoms with Crippen molar-refractivity contribution >= 4 is 11.8 Å². The summed E-state index contributed by atoms with van der Waals surface area (Å²) in [7, 11) is 0. The number of hydrogen-bond acceptors (Lipinski definition) is 4. The van der Waals surface area contributed by atoms with Crippen LogP contribution in [0.4, 0.5) is 8.78 Å². The molecule has 3 aromatic rings. The van der Waals surface area contributed by atoms with Crippen molar-refractivity contribution in [1.29, 1.82) is 0 Å². The van der Waals surface area contributed by atoms with Crippen molar-refractivity contribution in [1.82, 2.24) is 20.0 Å². The fraction of sp³-hybridized carbons (Fsp3) is 0.188. The van der Waals surface area contributed by atoms with Crippen LogP contribution in [0.1, 0.15) is 17.0 Å². The molecule has 0 fully saturated rings. The van der Waals surface area contributed by atoms with Crippen LogP contribution in [0.15, 0.2) is 41.4 Å². The van der Waals surface area contributed by atoms with Gasteiger partial charge in [-0.15, -0.1) is 10.2 Å². The number of halogens is 2. The Hall–Kier alpha value is -2.28. The summed E-state index contributed by atoms with van der Waals surface area (Å²) in [6.45, 7) is 3.85. The highest BCUT2D eigenvalue weighted by Crippen LogP contribution is 2.23. The molecule has 2 heterocycles. The summed E-state index contributed by atoms with van der Waals surface area (Å²) in [5.74, 6) is -0.740. The van der Waals surface area contributed by atoms with E-state index in [-0.39, 0.29) is 5.75 Å². The summed E-state index contributed by atoms with van der Waals surface area (Å²) in [4.78, 5) is 0. The van der Waals surface area contributed by atoms with Gasteiger partial charge in [0.2, 0.25) is 0 Å². The van der Waals surface area contributed by atoms with Crippen LogP contribution in [0.3, 0.4) is 0 Å². The summed E-state index contributed by atoms with van der Waals surface area (Å²) in [5, 5.41) is 13.2. The summed E-state index contributed by atoms with van der Waals surface area (Å²) >= 11 is 1.30. The van der Waals surface area contributed by atoms with Gasteiger partial charge >= 0.3 is 0 Å². The molecule has 0 unspecified atom stereocenters. The standard InChI is InChI=1S/C16H14F2N4S/c1-10-8-11(2)22(21-10)14-6-7-15(20-19-14)23-9-12-4-3-5-13(17)16(12)18/h3-8H,9H2,1-2H3. The highest BCUT2D eigenvalue weighted by molar-refractivity contribution is 7.98. The number of benzene rings is 1. The molecule has 23 heavy (non-hydrogen) atoms. The van der Waals surface area contributed by atoms with Gasteiger partial charge in [-0.2, -0.15) is 5.10 Å². The Morgan fingerprint density at radius 1 is 1.09 bits per heavy atom. The molecular formula is C16H14F2N4S. The Labute approximate surface area is 136 Å². The van der Waals surface area contributed by atoms with Gasteiger partial charge in [-0.1, -0.05) is 23.9 Å². The van der Waals surface area contributed by atoms with E-state index < -0.39 is 11.6 Å². The highest BCUT2D eigenvalue weighted by Gasteiger charge is 2.09. The van der Waals surface area contributed by atoms with Gasteiger partial charge in [-0.3, -0.25) is 0 Å². The van der Waals surface area contributed by atoms with Gasteiger partial charge in [0.25, 0.3) is 0 Å². The number of nitrogens with zero attached hydrogens (tertiary/aromatic N) is 4. The number of hydrogen-bond donors (Lipinski definition) is 0. The Balaban J connectivity index is 1.73. The van der Waals surface area contributed by atoms with E-state index in [9.17, 15) is 8.78 Å². The monoisotopic (exact) mass is 332 g/mol.